The fourth-order valence-electron chi connectivity index (χ4n) is 7.82. The molecule has 4 atom stereocenters. The Morgan fingerprint density at radius 1 is 0.415 bits per heavy atom. The predicted molar refractivity (Wildman–Crippen MR) is 258 cm³/mol. The summed E-state index contributed by atoms with van der Waals surface area (Å²) >= 11 is 0. The molecule has 2 aromatic carbocycles. The Labute approximate surface area is 434 Å². The third kappa shape index (κ3) is 38.5. The zero-order chi connectivity index (χ0) is 46.9. The van der Waals surface area contributed by atoms with Crippen LogP contribution < -0.4 is 10.2 Å². The van der Waals surface area contributed by atoms with Gasteiger partial charge in [0.15, 0.2) is 0 Å². The first-order valence-electron chi connectivity index (χ1n) is 25.1. The van der Waals surface area contributed by atoms with Gasteiger partial charge in [-0.05, 0) is 62.5 Å². The minimum atomic E-state index is -1.31. The number of carboxylic acid groups (broad SMARTS) is 2. The molecule has 0 heterocycles. The van der Waals surface area contributed by atoms with Crippen LogP contribution in [0.3, 0.4) is 0 Å². The molecule has 0 amide bonds. The molecule has 4 unspecified atom stereocenters. The molecule has 0 saturated heterocycles. The van der Waals surface area contributed by atoms with Crippen LogP contribution in [0.4, 0.5) is 0 Å². The Morgan fingerprint density at radius 2 is 0.677 bits per heavy atom. The van der Waals surface area contributed by atoms with Gasteiger partial charge in [0, 0.05) is 13.8 Å². The second kappa shape index (κ2) is 44.3. The topological polar surface area (TPSA) is 151 Å². The second-order valence-corrected chi connectivity index (χ2v) is 17.5. The van der Waals surface area contributed by atoms with Crippen LogP contribution in [0.15, 0.2) is 60.7 Å². The molecule has 0 saturated carbocycles. The average Bonchev–Trinajstić information content (AvgIpc) is 3.28. The summed E-state index contributed by atoms with van der Waals surface area (Å²) in [5.41, 5.74) is 2.44. The zero-order valence-electron chi connectivity index (χ0n) is 41.1. The van der Waals surface area contributed by atoms with Crippen LogP contribution in [0.5, 0.6) is 0 Å². The van der Waals surface area contributed by atoms with Crippen molar-refractivity contribution in [1.82, 2.24) is 0 Å². The molecule has 0 bridgehead atoms. The van der Waals surface area contributed by atoms with E-state index < -0.39 is 36.1 Å². The van der Waals surface area contributed by atoms with E-state index in [2.05, 4.69) is 38.1 Å². The molecule has 364 valence electrons. The van der Waals surface area contributed by atoms with Crippen molar-refractivity contribution in [3.05, 3.63) is 71.8 Å². The van der Waals surface area contributed by atoms with Gasteiger partial charge in [0.2, 0.25) is 0 Å². The number of hydrogen-bond acceptors (Lipinski definition) is 10. The molecule has 0 fully saturated rings. The number of rotatable bonds is 40. The number of benzene rings is 2. The van der Waals surface area contributed by atoms with Gasteiger partial charge in [0.1, 0.15) is 12.2 Å². The monoisotopic (exact) mass is 1030 g/mol. The van der Waals surface area contributed by atoms with E-state index in [-0.39, 0.29) is 48.9 Å². The first-order chi connectivity index (χ1) is 31.0. The van der Waals surface area contributed by atoms with Crippen molar-refractivity contribution in [3.8, 4) is 0 Å². The zero-order valence-corrected chi connectivity index (χ0v) is 45.5. The molecule has 0 aromatic heterocycles. The van der Waals surface area contributed by atoms with Crippen LogP contribution in [0.25, 0.3) is 0 Å². The molecule has 0 aliphatic heterocycles. The largest absolute Gasteiger partial charge is 2.00 e. The Bertz CT molecular complexity index is 1320. The van der Waals surface area contributed by atoms with E-state index in [1.54, 1.807) is 0 Å². The summed E-state index contributed by atoms with van der Waals surface area (Å²) in [6.45, 7) is 8.27. The molecule has 0 aliphatic carbocycles. The van der Waals surface area contributed by atoms with E-state index >= 15 is 0 Å². The molecular weight excluding hydrogens is 946 g/mol. The van der Waals surface area contributed by atoms with E-state index in [4.69, 9.17) is 18.9 Å². The molecule has 65 heavy (non-hydrogen) atoms. The number of carbonyl (C=O) groups is 4. The molecule has 11 heteroatoms. The van der Waals surface area contributed by atoms with Gasteiger partial charge in [0.25, 0.3) is 0 Å². The Hall–Kier alpha value is -2.19. The van der Waals surface area contributed by atoms with Gasteiger partial charge in [0.05, 0.1) is 37.4 Å². The maximum absolute atomic E-state index is 11.0. The van der Waals surface area contributed by atoms with Crippen molar-refractivity contribution in [2.75, 3.05) is 0 Å². The number of ether oxygens (including phenoxy) is 4. The number of carbonyl (C=O) groups excluding carboxylic acids is 4. The van der Waals surface area contributed by atoms with Crippen LogP contribution in [0.1, 0.15) is 219 Å². The molecule has 10 nitrogen and oxygen atoms in total. The molecule has 0 radical (unpaired) electrons. The van der Waals surface area contributed by atoms with Gasteiger partial charge < -0.3 is 38.7 Å². The number of aliphatic carboxylic acids is 2. The molecule has 0 spiro atoms. The van der Waals surface area contributed by atoms with Gasteiger partial charge in [-0.3, -0.25) is 9.59 Å². The third-order valence-corrected chi connectivity index (χ3v) is 11.5. The Balaban J connectivity index is 0.00000124. The molecule has 0 aliphatic rings. The van der Waals surface area contributed by atoms with Crippen LogP contribution in [0, 0.1) is 0 Å². The van der Waals surface area contributed by atoms with Crippen molar-refractivity contribution in [2.45, 2.75) is 245 Å². The maximum Gasteiger partial charge on any atom is 2.00 e. The Kier molecular flexibility index (Phi) is 42.8. The SMILES string of the molecule is CCCCCCCCC(CCCCCCCC(OC(C)=O)C(=O)[O-])OCc1ccccc1.CCCCCCCCC(CCCCCCCC(OC(C)=O)C(=O)[O-])OCc1ccccc1.[Ba+2]. The van der Waals surface area contributed by atoms with Crippen LogP contribution in [0.2, 0.25) is 0 Å². The summed E-state index contributed by atoms with van der Waals surface area (Å²) in [6.07, 6.45) is 28.7. The fourth-order valence-corrected chi connectivity index (χ4v) is 7.82. The van der Waals surface area contributed by atoms with Crippen LogP contribution in [-0.4, -0.2) is 97.2 Å². The van der Waals surface area contributed by atoms with Crippen LogP contribution >= 0.6 is 0 Å². The summed E-state index contributed by atoms with van der Waals surface area (Å²) in [6, 6.07) is 20.7. The summed E-state index contributed by atoms with van der Waals surface area (Å²) in [5, 5.41) is 22.0. The maximum atomic E-state index is 11.0. The Morgan fingerprint density at radius 3 is 0.938 bits per heavy atom. The van der Waals surface area contributed by atoms with Crippen molar-refractivity contribution >= 4 is 72.8 Å². The summed E-state index contributed by atoms with van der Waals surface area (Å²) < 4.78 is 22.1. The van der Waals surface area contributed by atoms with E-state index in [0.717, 1.165) is 89.9 Å². The predicted octanol–water partition coefficient (Wildman–Crippen LogP) is 11.1. The first-order valence-corrected chi connectivity index (χ1v) is 25.1. The van der Waals surface area contributed by atoms with Gasteiger partial charge in [-0.15, -0.1) is 0 Å². The quantitative estimate of drug-likeness (QED) is 0.0358. The summed E-state index contributed by atoms with van der Waals surface area (Å²) in [4.78, 5) is 43.9. The van der Waals surface area contributed by atoms with E-state index in [0.29, 0.717) is 38.3 Å². The third-order valence-electron chi connectivity index (χ3n) is 11.5. The number of carboxylic acids is 2. The van der Waals surface area contributed by atoms with Crippen molar-refractivity contribution in [1.29, 1.82) is 0 Å². The second-order valence-electron chi connectivity index (χ2n) is 17.5. The van der Waals surface area contributed by atoms with Crippen LogP contribution in [-0.2, 0) is 51.3 Å². The van der Waals surface area contributed by atoms with E-state index in [1.807, 2.05) is 36.4 Å². The smallest absolute Gasteiger partial charge is 0.546 e. The van der Waals surface area contributed by atoms with Gasteiger partial charge >= 0.3 is 60.8 Å². The van der Waals surface area contributed by atoms with E-state index in [1.165, 1.54) is 102 Å². The summed E-state index contributed by atoms with van der Waals surface area (Å²) in [5.74, 6) is -3.78. The molecular formula is C54H86BaO10. The first kappa shape index (κ1) is 62.8. The van der Waals surface area contributed by atoms with E-state index in [9.17, 15) is 29.4 Å². The fraction of sp³-hybridized carbons (Fsp3) is 0.704. The number of hydrogen-bond donors (Lipinski definition) is 0. The van der Waals surface area contributed by atoms with Gasteiger partial charge in [-0.25, -0.2) is 0 Å². The molecule has 0 N–H and O–H groups in total. The minimum Gasteiger partial charge on any atom is -0.546 e. The standard InChI is InChI=1S/2C27H44O5.Ba/c2*1-3-4-5-6-8-14-19-25(31-22-24-17-12-11-13-18-24)20-15-9-7-10-16-21-26(27(29)30)32-23(2)28;/h2*11-13,17-18,25-26H,3-10,14-16,19-22H2,1-2H3,(H,29,30);/q;;+2/p-2. The summed E-state index contributed by atoms with van der Waals surface area (Å²) in [7, 11) is 0. The molecule has 2 aromatic rings. The molecule has 2 rings (SSSR count). The normalized spacial score (nSPS) is 12.7. The van der Waals surface area contributed by atoms with Crippen molar-refractivity contribution in [3.63, 3.8) is 0 Å². The minimum absolute atomic E-state index is 0. The van der Waals surface area contributed by atoms with Gasteiger partial charge in [-0.1, -0.05) is 203 Å². The number of unbranched alkanes of at least 4 members (excludes halogenated alkanes) is 18. The number of esters is 2. The van der Waals surface area contributed by atoms with Crippen molar-refractivity contribution in [2.24, 2.45) is 0 Å². The van der Waals surface area contributed by atoms with Crippen molar-refractivity contribution < 1.29 is 48.3 Å². The van der Waals surface area contributed by atoms with Gasteiger partial charge in [-0.2, -0.15) is 0 Å². The average molecular weight is 1030 g/mol.